The molecule has 0 atom stereocenters. The van der Waals surface area contributed by atoms with Gasteiger partial charge in [0.1, 0.15) is 0 Å². The fraction of sp³-hybridized carbons (Fsp3) is 0.500. The Balaban J connectivity index is 2.70. The smallest absolute Gasteiger partial charge is 0.0353 e. The van der Waals surface area contributed by atoms with E-state index >= 15 is 0 Å². The summed E-state index contributed by atoms with van der Waals surface area (Å²) in [6.45, 7) is 12.3. The zero-order valence-electron chi connectivity index (χ0n) is 9.21. The Morgan fingerprint density at radius 3 is 2.50 bits per heavy atom. The van der Waals surface area contributed by atoms with E-state index in [-0.39, 0.29) is 0 Å². The highest BCUT2D eigenvalue weighted by atomic mass is 15.2. The number of allylic oxidation sites excluding steroid dienone is 4. The molecule has 0 amide bonds. The van der Waals surface area contributed by atoms with E-state index in [2.05, 4.69) is 42.8 Å². The van der Waals surface area contributed by atoms with Crippen LogP contribution in [0.15, 0.2) is 36.1 Å². The van der Waals surface area contributed by atoms with E-state index < -0.39 is 0 Å². The van der Waals surface area contributed by atoms with Crippen LogP contribution in [0, 0.1) is 0 Å². The van der Waals surface area contributed by atoms with E-state index in [9.17, 15) is 0 Å². The standard InChI is InChI=1S/C12H20N2/c1-4-6-11(3)12(5-2)14-9-7-13-8-10-14/h4-6,13H,1,7-10H2,2-3H3/b11-6+,12-5+. The zero-order valence-corrected chi connectivity index (χ0v) is 9.21. The van der Waals surface area contributed by atoms with Crippen LogP contribution in [0.2, 0.25) is 0 Å². The lowest BCUT2D eigenvalue weighted by Gasteiger charge is -2.32. The van der Waals surface area contributed by atoms with E-state index in [4.69, 9.17) is 0 Å². The van der Waals surface area contributed by atoms with E-state index in [0.717, 1.165) is 26.2 Å². The predicted octanol–water partition coefficient (Wildman–Crippen LogP) is 1.93. The molecule has 0 spiro atoms. The maximum atomic E-state index is 3.73. The summed E-state index contributed by atoms with van der Waals surface area (Å²) in [7, 11) is 0. The fourth-order valence-electron chi connectivity index (χ4n) is 1.83. The molecule has 0 aliphatic carbocycles. The second kappa shape index (κ2) is 5.66. The van der Waals surface area contributed by atoms with Gasteiger partial charge in [-0.3, -0.25) is 0 Å². The number of rotatable bonds is 3. The molecule has 0 aromatic heterocycles. The second-order valence-corrected chi connectivity index (χ2v) is 3.50. The van der Waals surface area contributed by atoms with Crippen molar-refractivity contribution in [3.63, 3.8) is 0 Å². The largest absolute Gasteiger partial charge is 0.369 e. The highest BCUT2D eigenvalue weighted by molar-refractivity contribution is 5.30. The first-order valence-electron chi connectivity index (χ1n) is 5.21. The topological polar surface area (TPSA) is 15.3 Å². The van der Waals surface area contributed by atoms with Gasteiger partial charge in [-0.2, -0.15) is 0 Å². The van der Waals surface area contributed by atoms with Gasteiger partial charge in [0.05, 0.1) is 0 Å². The molecule has 1 N–H and O–H groups in total. The molecular formula is C12H20N2. The summed E-state index contributed by atoms with van der Waals surface area (Å²) in [4.78, 5) is 2.42. The average molecular weight is 192 g/mol. The quantitative estimate of drug-likeness (QED) is 0.687. The molecule has 0 aromatic rings. The molecular weight excluding hydrogens is 172 g/mol. The van der Waals surface area contributed by atoms with Crippen LogP contribution in [0.1, 0.15) is 13.8 Å². The Kier molecular flexibility index (Phi) is 4.47. The first kappa shape index (κ1) is 11.1. The first-order valence-corrected chi connectivity index (χ1v) is 5.21. The summed E-state index contributed by atoms with van der Waals surface area (Å²) < 4.78 is 0. The SMILES string of the molecule is C=C/C=C(C)/C(=C\C)N1CCNCC1. The average Bonchev–Trinajstić information content (AvgIpc) is 2.21. The highest BCUT2D eigenvalue weighted by Crippen LogP contribution is 2.15. The van der Waals surface area contributed by atoms with E-state index in [1.54, 1.807) is 0 Å². The van der Waals surface area contributed by atoms with Crippen molar-refractivity contribution in [2.24, 2.45) is 0 Å². The summed E-state index contributed by atoms with van der Waals surface area (Å²) in [5.74, 6) is 0. The Hall–Kier alpha value is -1.02. The Bertz CT molecular complexity index is 245. The molecule has 1 fully saturated rings. The molecule has 0 unspecified atom stereocenters. The molecule has 0 saturated carbocycles. The molecule has 0 radical (unpaired) electrons. The van der Waals surface area contributed by atoms with Gasteiger partial charge in [0.25, 0.3) is 0 Å². The third-order valence-corrected chi connectivity index (χ3v) is 2.50. The summed E-state index contributed by atoms with van der Waals surface area (Å²) >= 11 is 0. The van der Waals surface area contributed by atoms with Crippen molar-refractivity contribution in [3.05, 3.63) is 36.1 Å². The summed E-state index contributed by atoms with van der Waals surface area (Å²) in [6, 6.07) is 0. The van der Waals surface area contributed by atoms with Gasteiger partial charge in [-0.25, -0.2) is 0 Å². The van der Waals surface area contributed by atoms with E-state index in [1.165, 1.54) is 11.3 Å². The van der Waals surface area contributed by atoms with Gasteiger partial charge < -0.3 is 10.2 Å². The minimum atomic E-state index is 1.08. The molecule has 1 aliphatic rings. The van der Waals surface area contributed by atoms with Crippen LogP contribution in [0.25, 0.3) is 0 Å². The van der Waals surface area contributed by atoms with Gasteiger partial charge in [-0.1, -0.05) is 24.8 Å². The van der Waals surface area contributed by atoms with E-state index in [1.807, 2.05) is 6.08 Å². The number of piperazine rings is 1. The molecule has 1 aliphatic heterocycles. The van der Waals surface area contributed by atoms with Crippen molar-refractivity contribution in [2.45, 2.75) is 13.8 Å². The minimum absolute atomic E-state index is 1.08. The van der Waals surface area contributed by atoms with E-state index in [0.29, 0.717) is 0 Å². The molecule has 1 heterocycles. The van der Waals surface area contributed by atoms with Crippen molar-refractivity contribution in [2.75, 3.05) is 26.2 Å². The monoisotopic (exact) mass is 192 g/mol. The first-order chi connectivity index (χ1) is 6.79. The lowest BCUT2D eigenvalue weighted by Crippen LogP contribution is -2.43. The predicted molar refractivity (Wildman–Crippen MR) is 62.2 cm³/mol. The van der Waals surface area contributed by atoms with Crippen LogP contribution >= 0.6 is 0 Å². The highest BCUT2D eigenvalue weighted by Gasteiger charge is 2.12. The van der Waals surface area contributed by atoms with Crippen molar-refractivity contribution >= 4 is 0 Å². The summed E-state index contributed by atoms with van der Waals surface area (Å²) in [6.07, 6.45) is 6.10. The Morgan fingerprint density at radius 2 is 2.00 bits per heavy atom. The lowest BCUT2D eigenvalue weighted by atomic mass is 10.1. The van der Waals surface area contributed by atoms with Crippen molar-refractivity contribution in [3.8, 4) is 0 Å². The van der Waals surface area contributed by atoms with Gasteiger partial charge in [0.2, 0.25) is 0 Å². The van der Waals surface area contributed by atoms with Gasteiger partial charge >= 0.3 is 0 Å². The molecule has 14 heavy (non-hydrogen) atoms. The number of hydrogen-bond donors (Lipinski definition) is 1. The molecule has 0 bridgehead atoms. The van der Waals surface area contributed by atoms with Crippen LogP contribution in [0.3, 0.4) is 0 Å². The Morgan fingerprint density at radius 1 is 1.36 bits per heavy atom. The fourth-order valence-corrected chi connectivity index (χ4v) is 1.83. The molecule has 2 heteroatoms. The van der Waals surface area contributed by atoms with Gasteiger partial charge in [0.15, 0.2) is 0 Å². The maximum absolute atomic E-state index is 3.73. The van der Waals surface area contributed by atoms with Crippen LogP contribution in [0.4, 0.5) is 0 Å². The van der Waals surface area contributed by atoms with Crippen LogP contribution in [0.5, 0.6) is 0 Å². The van der Waals surface area contributed by atoms with Crippen LogP contribution in [-0.2, 0) is 0 Å². The molecule has 1 saturated heterocycles. The van der Waals surface area contributed by atoms with Gasteiger partial charge in [-0.05, 0) is 19.4 Å². The Labute approximate surface area is 87.0 Å². The number of nitrogens with one attached hydrogen (secondary N) is 1. The lowest BCUT2D eigenvalue weighted by molar-refractivity contribution is 0.303. The third kappa shape index (κ3) is 2.74. The second-order valence-electron chi connectivity index (χ2n) is 3.50. The number of nitrogens with zero attached hydrogens (tertiary/aromatic N) is 1. The number of hydrogen-bond acceptors (Lipinski definition) is 2. The van der Waals surface area contributed by atoms with Crippen molar-refractivity contribution in [1.82, 2.24) is 10.2 Å². The van der Waals surface area contributed by atoms with Crippen molar-refractivity contribution < 1.29 is 0 Å². The zero-order chi connectivity index (χ0) is 10.4. The third-order valence-electron chi connectivity index (χ3n) is 2.50. The van der Waals surface area contributed by atoms with Crippen molar-refractivity contribution in [1.29, 1.82) is 0 Å². The molecule has 78 valence electrons. The van der Waals surface area contributed by atoms with Crippen LogP contribution < -0.4 is 5.32 Å². The van der Waals surface area contributed by atoms with Crippen LogP contribution in [-0.4, -0.2) is 31.1 Å². The van der Waals surface area contributed by atoms with Gasteiger partial charge in [-0.15, -0.1) is 0 Å². The summed E-state index contributed by atoms with van der Waals surface area (Å²) in [5, 5.41) is 3.36. The normalized spacial score (nSPS) is 19.7. The summed E-state index contributed by atoms with van der Waals surface area (Å²) in [5.41, 5.74) is 2.64. The molecule has 1 rings (SSSR count). The maximum Gasteiger partial charge on any atom is 0.0353 e. The van der Waals surface area contributed by atoms with Gasteiger partial charge in [0, 0.05) is 31.9 Å². The molecule has 0 aromatic carbocycles. The minimum Gasteiger partial charge on any atom is -0.369 e. The molecule has 2 nitrogen and oxygen atoms in total.